The molecule has 0 saturated carbocycles. The highest BCUT2D eigenvalue weighted by atomic mass is 32.1. The number of fused-ring (bicyclic) bond motifs is 1. The van der Waals surface area contributed by atoms with Crippen LogP contribution in [0.4, 0.5) is 0 Å². The maximum absolute atomic E-state index is 5.84. The number of benzene rings is 1. The molecule has 6 heteroatoms. The average Bonchev–Trinajstić information content (AvgIpc) is 3.07. The maximum atomic E-state index is 5.84. The van der Waals surface area contributed by atoms with Crippen molar-refractivity contribution in [3.63, 3.8) is 0 Å². The average molecular weight is 288 g/mol. The van der Waals surface area contributed by atoms with Crippen molar-refractivity contribution in [3.05, 3.63) is 30.1 Å². The molecule has 0 bridgehead atoms. The largest absolute Gasteiger partial charge is 0.493 e. The number of hydrogen-bond acceptors (Lipinski definition) is 6. The molecule has 0 aliphatic carbocycles. The van der Waals surface area contributed by atoms with Gasteiger partial charge in [-0.1, -0.05) is 0 Å². The minimum absolute atomic E-state index is 0.492. The second-order valence-corrected chi connectivity index (χ2v) is 5.62. The molecule has 3 aromatic rings. The zero-order valence-electron chi connectivity index (χ0n) is 10.6. The van der Waals surface area contributed by atoms with Gasteiger partial charge >= 0.3 is 0 Å². The van der Waals surface area contributed by atoms with Crippen molar-refractivity contribution in [1.29, 1.82) is 0 Å². The molecule has 5 nitrogen and oxygen atoms in total. The van der Waals surface area contributed by atoms with E-state index in [2.05, 4.69) is 9.97 Å². The number of rotatable bonds is 4. The molecule has 0 radical (unpaired) electrons. The third-order valence-corrected chi connectivity index (χ3v) is 4.07. The molecule has 0 spiro atoms. The number of nitrogens with zero attached hydrogens (tertiary/aromatic N) is 2. The zero-order valence-corrected chi connectivity index (χ0v) is 11.4. The first-order valence-corrected chi connectivity index (χ1v) is 7.26. The number of thiazole rings is 1. The van der Waals surface area contributed by atoms with Crippen LogP contribution in [0.15, 0.2) is 34.5 Å². The van der Waals surface area contributed by atoms with Gasteiger partial charge in [0, 0.05) is 23.6 Å². The van der Waals surface area contributed by atoms with Crippen LogP contribution >= 0.6 is 11.3 Å². The van der Waals surface area contributed by atoms with Gasteiger partial charge in [-0.15, -0.1) is 11.3 Å². The lowest BCUT2D eigenvalue weighted by Gasteiger charge is -2.25. The summed E-state index contributed by atoms with van der Waals surface area (Å²) in [7, 11) is 0. The molecule has 1 aromatic carbocycles. The fourth-order valence-corrected chi connectivity index (χ4v) is 2.79. The topological polar surface area (TPSA) is 57.4 Å². The number of oxazole rings is 1. The fraction of sp³-hybridized carbons (Fsp3) is 0.286. The summed E-state index contributed by atoms with van der Waals surface area (Å²) >= 11 is 1.57. The first-order chi connectivity index (χ1) is 9.90. The predicted molar refractivity (Wildman–Crippen MR) is 74.9 cm³/mol. The predicted octanol–water partition coefficient (Wildman–Crippen LogP) is 2.98. The molecule has 3 heterocycles. The summed E-state index contributed by atoms with van der Waals surface area (Å²) in [6.45, 7) is 2.23. The monoisotopic (exact) mass is 288 g/mol. The first kappa shape index (κ1) is 11.9. The second-order valence-electron chi connectivity index (χ2n) is 4.72. The smallest absolute Gasteiger partial charge is 0.182 e. The van der Waals surface area contributed by atoms with Gasteiger partial charge in [-0.2, -0.15) is 0 Å². The third-order valence-electron chi connectivity index (χ3n) is 3.26. The van der Waals surface area contributed by atoms with E-state index in [0.717, 1.165) is 40.6 Å². The Kier molecular flexibility index (Phi) is 2.90. The summed E-state index contributed by atoms with van der Waals surface area (Å²) in [5.74, 6) is 1.29. The Labute approximate surface area is 119 Å². The van der Waals surface area contributed by atoms with Gasteiger partial charge in [-0.3, -0.25) is 0 Å². The molecule has 0 atom stereocenters. The third kappa shape index (κ3) is 2.07. The van der Waals surface area contributed by atoms with E-state index < -0.39 is 0 Å². The summed E-state index contributed by atoms with van der Waals surface area (Å²) < 4.78 is 16.5. The molecule has 0 unspecified atom stereocenters. The molecule has 1 aliphatic rings. The lowest BCUT2D eigenvalue weighted by atomic mass is 10.1. The molecule has 4 rings (SSSR count). The summed E-state index contributed by atoms with van der Waals surface area (Å²) in [5.41, 5.74) is 2.46. The Morgan fingerprint density at radius 2 is 2.25 bits per heavy atom. The Hall–Kier alpha value is -1.92. The first-order valence-electron chi connectivity index (χ1n) is 6.38. The van der Waals surface area contributed by atoms with Gasteiger partial charge in [0.25, 0.3) is 0 Å². The standard InChI is InChI=1S/C14H12N2O3S/c1-2-20-14(15-1)11-3-10(18-7-9-5-17-6-9)4-12-13(11)19-8-16-12/h1-4,8-9H,5-7H2. The number of aromatic nitrogens is 2. The highest BCUT2D eigenvalue weighted by molar-refractivity contribution is 7.13. The Morgan fingerprint density at radius 3 is 3.00 bits per heavy atom. The van der Waals surface area contributed by atoms with Crippen LogP contribution in [0.5, 0.6) is 5.75 Å². The summed E-state index contributed by atoms with van der Waals surface area (Å²) in [6, 6.07) is 3.86. The van der Waals surface area contributed by atoms with Crippen molar-refractivity contribution in [2.45, 2.75) is 0 Å². The zero-order chi connectivity index (χ0) is 13.4. The van der Waals surface area contributed by atoms with E-state index in [9.17, 15) is 0 Å². The second kappa shape index (κ2) is 4.88. The van der Waals surface area contributed by atoms with E-state index in [-0.39, 0.29) is 0 Å². The molecular weight excluding hydrogens is 276 g/mol. The molecule has 0 N–H and O–H groups in total. The normalized spacial score (nSPS) is 15.4. The summed E-state index contributed by atoms with van der Waals surface area (Å²) in [4.78, 5) is 8.55. The molecule has 20 heavy (non-hydrogen) atoms. The maximum Gasteiger partial charge on any atom is 0.182 e. The molecule has 1 fully saturated rings. The number of ether oxygens (including phenoxy) is 2. The van der Waals surface area contributed by atoms with Crippen molar-refractivity contribution < 1.29 is 13.9 Å². The van der Waals surface area contributed by atoms with Crippen LogP contribution in [-0.2, 0) is 4.74 Å². The van der Waals surface area contributed by atoms with Crippen LogP contribution in [0.1, 0.15) is 0 Å². The van der Waals surface area contributed by atoms with Crippen LogP contribution in [0.25, 0.3) is 21.7 Å². The molecule has 1 saturated heterocycles. The highest BCUT2D eigenvalue weighted by Crippen LogP contribution is 2.33. The lowest BCUT2D eigenvalue weighted by Crippen LogP contribution is -2.32. The van der Waals surface area contributed by atoms with Gasteiger partial charge in [-0.05, 0) is 6.07 Å². The van der Waals surface area contributed by atoms with E-state index in [1.807, 2.05) is 17.5 Å². The molecule has 0 amide bonds. The minimum Gasteiger partial charge on any atom is -0.493 e. The van der Waals surface area contributed by atoms with Crippen LogP contribution in [0.3, 0.4) is 0 Å². The van der Waals surface area contributed by atoms with Crippen molar-refractivity contribution >= 4 is 22.4 Å². The van der Waals surface area contributed by atoms with E-state index >= 15 is 0 Å². The molecule has 1 aliphatic heterocycles. The van der Waals surface area contributed by atoms with Gasteiger partial charge < -0.3 is 13.9 Å². The van der Waals surface area contributed by atoms with E-state index in [1.165, 1.54) is 6.39 Å². The van der Waals surface area contributed by atoms with Crippen LogP contribution < -0.4 is 4.74 Å². The summed E-state index contributed by atoms with van der Waals surface area (Å²) in [6.07, 6.45) is 3.23. The molecular formula is C14H12N2O3S. The van der Waals surface area contributed by atoms with E-state index in [4.69, 9.17) is 13.9 Å². The SMILES string of the molecule is c1csc(-c2cc(OCC3COC3)cc3ncoc23)n1. The Bertz CT molecular complexity index is 719. The van der Waals surface area contributed by atoms with Gasteiger partial charge in [-0.25, -0.2) is 9.97 Å². The fourth-order valence-electron chi connectivity index (χ4n) is 2.14. The van der Waals surface area contributed by atoms with Gasteiger partial charge in [0.2, 0.25) is 0 Å². The van der Waals surface area contributed by atoms with Crippen molar-refractivity contribution in [2.24, 2.45) is 5.92 Å². The van der Waals surface area contributed by atoms with Gasteiger partial charge in [0.1, 0.15) is 16.3 Å². The minimum atomic E-state index is 0.492. The van der Waals surface area contributed by atoms with E-state index in [0.29, 0.717) is 12.5 Å². The van der Waals surface area contributed by atoms with Gasteiger partial charge in [0.15, 0.2) is 12.0 Å². The van der Waals surface area contributed by atoms with Crippen LogP contribution in [0, 0.1) is 5.92 Å². The van der Waals surface area contributed by atoms with Crippen molar-refractivity contribution in [1.82, 2.24) is 9.97 Å². The van der Waals surface area contributed by atoms with Crippen molar-refractivity contribution in [3.8, 4) is 16.3 Å². The Morgan fingerprint density at radius 1 is 1.30 bits per heavy atom. The van der Waals surface area contributed by atoms with Crippen LogP contribution in [-0.4, -0.2) is 29.8 Å². The van der Waals surface area contributed by atoms with Crippen molar-refractivity contribution in [2.75, 3.05) is 19.8 Å². The summed E-state index contributed by atoms with van der Waals surface area (Å²) in [5, 5.41) is 2.85. The molecule has 2 aromatic heterocycles. The molecule has 102 valence electrons. The Balaban J connectivity index is 1.70. The lowest BCUT2D eigenvalue weighted by molar-refractivity contribution is -0.0508. The number of hydrogen-bond donors (Lipinski definition) is 0. The van der Waals surface area contributed by atoms with Crippen LogP contribution in [0.2, 0.25) is 0 Å². The van der Waals surface area contributed by atoms with E-state index in [1.54, 1.807) is 17.5 Å². The van der Waals surface area contributed by atoms with Gasteiger partial charge in [0.05, 0.1) is 25.4 Å². The quantitative estimate of drug-likeness (QED) is 0.738. The highest BCUT2D eigenvalue weighted by Gasteiger charge is 2.20.